The Morgan fingerprint density at radius 3 is 2.94 bits per heavy atom. The molecule has 1 aromatic rings. The molecule has 0 bridgehead atoms. The summed E-state index contributed by atoms with van der Waals surface area (Å²) < 4.78 is 13.7. The predicted molar refractivity (Wildman–Crippen MR) is 63.4 cm³/mol. The number of carbonyl (C=O) groups excluding carboxylic acids is 1. The third kappa shape index (κ3) is 2.00. The number of Topliss-reactive ketones (excluding diaryl/α,β-unsaturated/α-hetero) is 1. The highest BCUT2D eigenvalue weighted by atomic mass is 19.1. The van der Waals surface area contributed by atoms with Crippen LogP contribution in [0.1, 0.15) is 30.7 Å². The minimum Gasteiger partial charge on any atom is -0.300 e. The van der Waals surface area contributed by atoms with Crippen LogP contribution in [-0.4, -0.2) is 29.8 Å². The van der Waals surface area contributed by atoms with E-state index in [0.29, 0.717) is 24.7 Å². The highest BCUT2D eigenvalue weighted by Crippen LogP contribution is 2.36. The third-order valence-electron chi connectivity index (χ3n) is 4.01. The summed E-state index contributed by atoms with van der Waals surface area (Å²) in [6.07, 6.45) is 2.25. The van der Waals surface area contributed by atoms with E-state index in [1.54, 1.807) is 6.07 Å². The quantitative estimate of drug-likeness (QED) is 0.742. The third-order valence-corrected chi connectivity index (χ3v) is 4.01. The van der Waals surface area contributed by atoms with Crippen LogP contribution >= 0.6 is 0 Å². The summed E-state index contributed by atoms with van der Waals surface area (Å²) >= 11 is 0. The number of carbonyl (C=O) groups is 1. The summed E-state index contributed by atoms with van der Waals surface area (Å²) in [4.78, 5) is 13.8. The first-order valence-electron chi connectivity index (χ1n) is 6.24. The SMILES string of the molecule is O=C1CCN2C[C@H](c3ccccc3F)C[C@@H]2C1. The normalized spacial score (nSPS) is 29.4. The molecule has 2 heterocycles. The first kappa shape index (κ1) is 10.9. The molecule has 0 amide bonds. The van der Waals surface area contributed by atoms with Crippen molar-refractivity contribution in [3.63, 3.8) is 0 Å². The van der Waals surface area contributed by atoms with Gasteiger partial charge in [0.15, 0.2) is 0 Å². The van der Waals surface area contributed by atoms with Crippen LogP contribution in [0.15, 0.2) is 24.3 Å². The fourth-order valence-electron chi connectivity index (χ4n) is 3.14. The monoisotopic (exact) mass is 233 g/mol. The summed E-state index contributed by atoms with van der Waals surface area (Å²) in [6.45, 7) is 1.76. The summed E-state index contributed by atoms with van der Waals surface area (Å²) in [5, 5.41) is 0. The van der Waals surface area contributed by atoms with Crippen LogP contribution in [0, 0.1) is 5.82 Å². The fourth-order valence-corrected chi connectivity index (χ4v) is 3.14. The minimum absolute atomic E-state index is 0.108. The van der Waals surface area contributed by atoms with E-state index < -0.39 is 0 Å². The average molecular weight is 233 g/mol. The van der Waals surface area contributed by atoms with E-state index in [0.717, 1.165) is 25.1 Å². The van der Waals surface area contributed by atoms with Gasteiger partial charge in [0.05, 0.1) is 0 Å². The summed E-state index contributed by atoms with van der Waals surface area (Å²) in [7, 11) is 0. The van der Waals surface area contributed by atoms with Gasteiger partial charge in [-0.25, -0.2) is 4.39 Å². The number of halogens is 1. The lowest BCUT2D eigenvalue weighted by Crippen LogP contribution is -2.38. The van der Waals surface area contributed by atoms with Crippen molar-refractivity contribution in [2.24, 2.45) is 0 Å². The van der Waals surface area contributed by atoms with Crippen LogP contribution in [0.3, 0.4) is 0 Å². The highest BCUT2D eigenvalue weighted by molar-refractivity contribution is 5.80. The number of ketones is 1. The van der Waals surface area contributed by atoms with Crippen molar-refractivity contribution >= 4 is 5.78 Å². The molecule has 0 N–H and O–H groups in total. The molecule has 2 fully saturated rings. The molecule has 0 unspecified atom stereocenters. The van der Waals surface area contributed by atoms with Gasteiger partial charge in [-0.05, 0) is 18.1 Å². The number of fused-ring (bicyclic) bond motifs is 1. The van der Waals surface area contributed by atoms with Gasteiger partial charge in [-0.3, -0.25) is 9.69 Å². The lowest BCUT2D eigenvalue weighted by molar-refractivity contribution is -0.122. The molecule has 0 spiro atoms. The molecule has 0 radical (unpaired) electrons. The number of nitrogens with zero attached hydrogens (tertiary/aromatic N) is 1. The maximum absolute atomic E-state index is 13.7. The fraction of sp³-hybridized carbons (Fsp3) is 0.500. The molecule has 0 aromatic heterocycles. The van der Waals surface area contributed by atoms with Crippen molar-refractivity contribution in [2.75, 3.05) is 13.1 Å². The van der Waals surface area contributed by atoms with E-state index in [9.17, 15) is 9.18 Å². The van der Waals surface area contributed by atoms with Gasteiger partial charge in [-0.2, -0.15) is 0 Å². The van der Waals surface area contributed by atoms with Crippen molar-refractivity contribution in [3.8, 4) is 0 Å². The Labute approximate surface area is 100 Å². The maximum Gasteiger partial charge on any atom is 0.135 e. The van der Waals surface area contributed by atoms with E-state index in [4.69, 9.17) is 0 Å². The smallest absolute Gasteiger partial charge is 0.135 e. The number of hydrogen-bond donors (Lipinski definition) is 0. The maximum atomic E-state index is 13.7. The molecule has 17 heavy (non-hydrogen) atoms. The zero-order valence-electron chi connectivity index (χ0n) is 9.73. The van der Waals surface area contributed by atoms with Gasteiger partial charge in [-0.15, -0.1) is 0 Å². The predicted octanol–water partition coefficient (Wildman–Crippen LogP) is 2.35. The van der Waals surface area contributed by atoms with Crippen molar-refractivity contribution in [3.05, 3.63) is 35.6 Å². The molecule has 0 saturated carbocycles. The number of piperidine rings is 1. The van der Waals surface area contributed by atoms with E-state index in [1.165, 1.54) is 6.07 Å². The Morgan fingerprint density at radius 1 is 1.29 bits per heavy atom. The van der Waals surface area contributed by atoms with Crippen LogP contribution in [0.4, 0.5) is 4.39 Å². The Balaban J connectivity index is 1.80. The standard InChI is InChI=1S/C14H16FNO/c15-14-4-2-1-3-13(14)10-7-11-8-12(17)5-6-16(11)9-10/h1-4,10-11H,5-9H2/t10-,11-/m1/s1. The van der Waals surface area contributed by atoms with Gasteiger partial charge >= 0.3 is 0 Å². The molecule has 2 saturated heterocycles. The van der Waals surface area contributed by atoms with E-state index in [2.05, 4.69) is 4.90 Å². The first-order chi connectivity index (χ1) is 8.24. The van der Waals surface area contributed by atoms with Gasteiger partial charge in [0.1, 0.15) is 11.6 Å². The van der Waals surface area contributed by atoms with Crippen molar-refractivity contribution < 1.29 is 9.18 Å². The highest BCUT2D eigenvalue weighted by Gasteiger charge is 2.37. The summed E-state index contributed by atoms with van der Waals surface area (Å²) in [6, 6.07) is 7.37. The minimum atomic E-state index is -0.108. The van der Waals surface area contributed by atoms with Crippen molar-refractivity contribution in [2.45, 2.75) is 31.2 Å². The Kier molecular flexibility index (Phi) is 2.71. The van der Waals surface area contributed by atoms with Crippen molar-refractivity contribution in [1.29, 1.82) is 0 Å². The van der Waals surface area contributed by atoms with Crippen molar-refractivity contribution in [1.82, 2.24) is 4.90 Å². The first-order valence-corrected chi connectivity index (χ1v) is 6.24. The Bertz CT molecular complexity index is 446. The molecule has 3 rings (SSSR count). The van der Waals surface area contributed by atoms with Gasteiger partial charge in [0.2, 0.25) is 0 Å². The van der Waals surface area contributed by atoms with Gasteiger partial charge in [-0.1, -0.05) is 18.2 Å². The van der Waals surface area contributed by atoms with E-state index in [1.807, 2.05) is 12.1 Å². The molecule has 3 heteroatoms. The molecule has 0 aliphatic carbocycles. The molecule has 2 aliphatic heterocycles. The van der Waals surface area contributed by atoms with Crippen LogP contribution in [-0.2, 0) is 4.79 Å². The lowest BCUT2D eigenvalue weighted by atomic mass is 9.93. The van der Waals surface area contributed by atoms with Crippen LogP contribution in [0.25, 0.3) is 0 Å². The number of rotatable bonds is 1. The lowest BCUT2D eigenvalue weighted by Gasteiger charge is -2.27. The van der Waals surface area contributed by atoms with Crippen LogP contribution in [0.2, 0.25) is 0 Å². The molecule has 2 atom stereocenters. The second-order valence-electron chi connectivity index (χ2n) is 5.10. The van der Waals surface area contributed by atoms with E-state index in [-0.39, 0.29) is 11.7 Å². The molecule has 2 nitrogen and oxygen atoms in total. The van der Waals surface area contributed by atoms with Crippen LogP contribution < -0.4 is 0 Å². The van der Waals surface area contributed by atoms with Gasteiger partial charge in [0, 0.05) is 37.9 Å². The largest absolute Gasteiger partial charge is 0.300 e. The molecule has 2 aliphatic rings. The van der Waals surface area contributed by atoms with E-state index >= 15 is 0 Å². The average Bonchev–Trinajstić information content (AvgIpc) is 2.72. The Hall–Kier alpha value is -1.22. The second kappa shape index (κ2) is 4.22. The molecular formula is C14H16FNO. The summed E-state index contributed by atoms with van der Waals surface area (Å²) in [5.41, 5.74) is 0.814. The molecule has 90 valence electrons. The zero-order valence-corrected chi connectivity index (χ0v) is 9.73. The molecular weight excluding hydrogens is 217 g/mol. The van der Waals surface area contributed by atoms with Gasteiger partial charge in [0.25, 0.3) is 0 Å². The number of hydrogen-bond acceptors (Lipinski definition) is 2. The van der Waals surface area contributed by atoms with Crippen LogP contribution in [0.5, 0.6) is 0 Å². The zero-order chi connectivity index (χ0) is 11.8. The Morgan fingerprint density at radius 2 is 2.12 bits per heavy atom. The topological polar surface area (TPSA) is 20.3 Å². The molecule has 1 aromatic carbocycles. The summed E-state index contributed by atoms with van der Waals surface area (Å²) in [5.74, 6) is 0.510. The van der Waals surface area contributed by atoms with Gasteiger partial charge < -0.3 is 0 Å². The second-order valence-corrected chi connectivity index (χ2v) is 5.10. The number of benzene rings is 1.